The van der Waals surface area contributed by atoms with Crippen molar-refractivity contribution in [2.45, 2.75) is 20.0 Å². The van der Waals surface area contributed by atoms with Gasteiger partial charge in [0, 0.05) is 0 Å². The first kappa shape index (κ1) is 8.16. The van der Waals surface area contributed by atoms with Crippen LogP contribution in [0.15, 0.2) is 11.4 Å². The van der Waals surface area contributed by atoms with Crippen molar-refractivity contribution in [1.82, 2.24) is 10.2 Å². The number of allylic oxidation sites excluding steroid dienone is 2. The van der Waals surface area contributed by atoms with Gasteiger partial charge in [-0.15, -0.1) is 10.2 Å². The molecule has 0 unspecified atom stereocenters. The summed E-state index contributed by atoms with van der Waals surface area (Å²) in [6.45, 7) is 2.14. The quantitative estimate of drug-likeness (QED) is 0.312. The van der Waals surface area contributed by atoms with Gasteiger partial charge in [0.2, 0.25) is 0 Å². The van der Waals surface area contributed by atoms with Crippen LogP contribution in [-0.4, -0.2) is 16.4 Å². The van der Waals surface area contributed by atoms with Crippen LogP contribution >= 0.6 is 0 Å². The molecular formula is C5H6F4N2. The maximum Gasteiger partial charge on any atom is 0.467 e. The molecule has 0 bridgehead atoms. The second-order valence-corrected chi connectivity index (χ2v) is 2.24. The highest BCUT2D eigenvalue weighted by Gasteiger charge is 2.53. The van der Waals surface area contributed by atoms with E-state index in [4.69, 9.17) is 0 Å². The topological polar surface area (TPSA) is 6.48 Å². The van der Waals surface area contributed by atoms with Crippen LogP contribution in [0.3, 0.4) is 0 Å². The van der Waals surface area contributed by atoms with E-state index in [0.29, 0.717) is 0 Å². The van der Waals surface area contributed by atoms with Crippen LogP contribution in [0.1, 0.15) is 13.8 Å². The summed E-state index contributed by atoms with van der Waals surface area (Å²) in [4.78, 5) is 0. The summed E-state index contributed by atoms with van der Waals surface area (Å²) in [6.07, 6.45) is -4.19. The Bertz CT molecular complexity index is 193. The molecule has 0 saturated heterocycles. The Balaban J connectivity index is 3.02. The molecule has 0 atom stereocenters. The zero-order valence-corrected chi connectivity index (χ0v) is 5.91. The van der Waals surface area contributed by atoms with E-state index in [2.05, 4.69) is 0 Å². The second kappa shape index (κ2) is 2.02. The van der Waals surface area contributed by atoms with Gasteiger partial charge in [-0.1, -0.05) is 8.96 Å². The lowest BCUT2D eigenvalue weighted by Crippen LogP contribution is -2.39. The molecule has 2 nitrogen and oxygen atoms in total. The van der Waals surface area contributed by atoms with E-state index in [1.165, 1.54) is 0 Å². The Morgan fingerprint density at radius 3 is 1.36 bits per heavy atom. The van der Waals surface area contributed by atoms with Gasteiger partial charge < -0.3 is 0 Å². The maximum atomic E-state index is 12.3. The molecule has 0 spiro atoms. The minimum absolute atomic E-state index is 0.419. The van der Waals surface area contributed by atoms with Crippen molar-refractivity contribution in [3.8, 4) is 0 Å². The first-order valence-electron chi connectivity index (χ1n) is 2.86. The predicted molar refractivity (Wildman–Crippen MR) is 29.2 cm³/mol. The molecule has 0 N–H and O–H groups in total. The fourth-order valence-corrected chi connectivity index (χ4v) is 0.765. The third-order valence-corrected chi connectivity index (χ3v) is 1.58. The van der Waals surface area contributed by atoms with Crippen LogP contribution in [0.25, 0.3) is 0 Å². The highest BCUT2D eigenvalue weighted by molar-refractivity contribution is 5.12. The Hall–Kier alpha value is -0.940. The molecule has 1 aliphatic heterocycles. The SMILES string of the molecule is CC1=C(C)N(F)C(F)(F)N1F. The molecule has 11 heavy (non-hydrogen) atoms. The van der Waals surface area contributed by atoms with Crippen LogP contribution in [0, 0.1) is 0 Å². The fourth-order valence-electron chi connectivity index (χ4n) is 0.765. The third-order valence-electron chi connectivity index (χ3n) is 1.58. The van der Waals surface area contributed by atoms with Crippen molar-refractivity contribution in [3.63, 3.8) is 0 Å². The largest absolute Gasteiger partial charge is 0.467 e. The van der Waals surface area contributed by atoms with Crippen LogP contribution in [0.5, 0.6) is 0 Å². The normalized spacial score (nSPS) is 23.5. The molecule has 0 aromatic heterocycles. The maximum absolute atomic E-state index is 12.3. The van der Waals surface area contributed by atoms with Crippen molar-refractivity contribution in [3.05, 3.63) is 11.4 Å². The van der Waals surface area contributed by atoms with Crippen LogP contribution < -0.4 is 0 Å². The van der Waals surface area contributed by atoms with E-state index in [0.717, 1.165) is 13.8 Å². The Kier molecular flexibility index (Phi) is 1.50. The van der Waals surface area contributed by atoms with Gasteiger partial charge in [0.25, 0.3) is 0 Å². The summed E-state index contributed by atoms with van der Waals surface area (Å²) in [5.74, 6) is 0. The minimum Gasteiger partial charge on any atom is -0.156 e. The molecule has 0 amide bonds. The van der Waals surface area contributed by atoms with E-state index in [9.17, 15) is 17.7 Å². The monoisotopic (exact) mass is 170 g/mol. The summed E-state index contributed by atoms with van der Waals surface area (Å²) in [5, 5.41) is -1.80. The van der Waals surface area contributed by atoms with Crippen molar-refractivity contribution in [2.75, 3.05) is 0 Å². The summed E-state index contributed by atoms with van der Waals surface area (Å²) in [5.41, 5.74) is -0.838. The van der Waals surface area contributed by atoms with Crippen molar-refractivity contribution < 1.29 is 17.7 Å². The molecule has 1 rings (SSSR count). The van der Waals surface area contributed by atoms with Crippen LogP contribution in [0.2, 0.25) is 0 Å². The molecule has 6 heteroatoms. The van der Waals surface area contributed by atoms with Gasteiger partial charge in [0.05, 0.1) is 11.4 Å². The lowest BCUT2D eigenvalue weighted by atomic mass is 10.4. The summed E-state index contributed by atoms with van der Waals surface area (Å²) >= 11 is 0. The van der Waals surface area contributed by atoms with Crippen LogP contribution in [0.4, 0.5) is 17.7 Å². The molecule has 0 radical (unpaired) electrons. The number of halogens is 4. The van der Waals surface area contributed by atoms with Crippen molar-refractivity contribution >= 4 is 0 Å². The first-order chi connectivity index (χ1) is 4.89. The average molecular weight is 170 g/mol. The Morgan fingerprint density at radius 2 is 1.27 bits per heavy atom. The second-order valence-electron chi connectivity index (χ2n) is 2.24. The molecule has 64 valence electrons. The smallest absolute Gasteiger partial charge is 0.156 e. The van der Waals surface area contributed by atoms with E-state index in [1.54, 1.807) is 0 Å². The zero-order chi connectivity index (χ0) is 8.81. The van der Waals surface area contributed by atoms with E-state index >= 15 is 0 Å². The molecule has 0 aromatic rings. The van der Waals surface area contributed by atoms with Gasteiger partial charge in [-0.05, 0) is 13.8 Å². The number of hydrogen-bond donors (Lipinski definition) is 0. The number of alkyl halides is 2. The highest BCUT2D eigenvalue weighted by atomic mass is 19.3. The van der Waals surface area contributed by atoms with Gasteiger partial charge in [-0.3, -0.25) is 0 Å². The standard InChI is InChI=1S/C5H6F4N2/c1-3-4(2)11(9)5(6,7)10(3)8/h1-2H3. The van der Waals surface area contributed by atoms with Crippen molar-refractivity contribution in [2.24, 2.45) is 0 Å². The number of hydrogen-bond acceptors (Lipinski definition) is 2. The molecule has 0 aliphatic carbocycles. The Morgan fingerprint density at radius 1 is 1.00 bits per heavy atom. The van der Waals surface area contributed by atoms with E-state index in [1.807, 2.05) is 0 Å². The summed E-state index contributed by atoms with van der Waals surface area (Å²) < 4.78 is 49.3. The van der Waals surface area contributed by atoms with Gasteiger partial charge in [0.1, 0.15) is 0 Å². The van der Waals surface area contributed by atoms with Gasteiger partial charge in [-0.25, -0.2) is 0 Å². The van der Waals surface area contributed by atoms with Gasteiger partial charge in [0.15, 0.2) is 0 Å². The van der Waals surface area contributed by atoms with Crippen molar-refractivity contribution in [1.29, 1.82) is 0 Å². The molecule has 1 heterocycles. The van der Waals surface area contributed by atoms with Crippen LogP contribution in [-0.2, 0) is 0 Å². The molecule has 0 saturated carbocycles. The predicted octanol–water partition coefficient (Wildman–Crippen LogP) is 2.17. The fraction of sp³-hybridized carbons (Fsp3) is 0.600. The van der Waals surface area contributed by atoms with Gasteiger partial charge in [-0.2, -0.15) is 8.78 Å². The lowest BCUT2D eigenvalue weighted by molar-refractivity contribution is -0.316. The molecule has 0 aromatic carbocycles. The third kappa shape index (κ3) is 0.849. The lowest BCUT2D eigenvalue weighted by Gasteiger charge is -2.19. The summed E-state index contributed by atoms with van der Waals surface area (Å²) in [7, 11) is 0. The molecular weight excluding hydrogens is 164 g/mol. The minimum atomic E-state index is -4.19. The molecule has 0 fully saturated rings. The molecule has 1 aliphatic rings. The first-order valence-corrected chi connectivity index (χ1v) is 2.86. The Labute approximate surface area is 60.6 Å². The average Bonchev–Trinajstić information content (AvgIpc) is 2.06. The highest BCUT2D eigenvalue weighted by Crippen LogP contribution is 2.39. The van der Waals surface area contributed by atoms with E-state index < -0.39 is 27.8 Å². The zero-order valence-electron chi connectivity index (χ0n) is 5.91. The van der Waals surface area contributed by atoms with E-state index in [-0.39, 0.29) is 0 Å². The number of nitrogens with zero attached hydrogens (tertiary/aromatic N) is 2. The van der Waals surface area contributed by atoms with Gasteiger partial charge >= 0.3 is 6.17 Å². The summed E-state index contributed by atoms with van der Waals surface area (Å²) in [6, 6.07) is 0. The number of rotatable bonds is 0.